The van der Waals surface area contributed by atoms with Crippen LogP contribution in [0.15, 0.2) is 77.6 Å². The van der Waals surface area contributed by atoms with Crippen LogP contribution in [0.3, 0.4) is 0 Å². The molecule has 0 aliphatic heterocycles. The summed E-state index contributed by atoms with van der Waals surface area (Å²) in [6, 6.07) is 20.0. The number of ether oxygens (including phenoxy) is 2. The summed E-state index contributed by atoms with van der Waals surface area (Å²) in [5, 5.41) is 4.19. The van der Waals surface area contributed by atoms with E-state index in [2.05, 4.69) is 5.32 Å². The van der Waals surface area contributed by atoms with Gasteiger partial charge in [-0.25, -0.2) is 9.59 Å². The number of hydrogen-bond donors (Lipinski definition) is 1. The first-order valence-electron chi connectivity index (χ1n) is 11.9. The normalized spacial score (nSPS) is 11.6. The molecule has 9 heteroatoms. The molecular formula is C29H25ClN2O6. The number of pyridine rings is 1. The van der Waals surface area contributed by atoms with Crippen LogP contribution in [0, 0.1) is 0 Å². The number of carbonyl (C=O) groups is 3. The summed E-state index contributed by atoms with van der Waals surface area (Å²) in [6.07, 6.45) is -1.19. The van der Waals surface area contributed by atoms with E-state index in [9.17, 15) is 19.2 Å². The number of amides is 1. The lowest BCUT2D eigenvalue weighted by atomic mass is 9.96. The molecule has 0 fully saturated rings. The zero-order chi connectivity index (χ0) is 27.4. The van der Waals surface area contributed by atoms with Crippen LogP contribution < -0.4 is 10.9 Å². The third-order valence-corrected chi connectivity index (χ3v) is 6.20. The second-order valence-corrected chi connectivity index (χ2v) is 8.91. The van der Waals surface area contributed by atoms with Gasteiger partial charge in [0.05, 0.1) is 12.2 Å². The van der Waals surface area contributed by atoms with Gasteiger partial charge in [-0.15, -0.1) is 0 Å². The SMILES string of the molecule is CCOC(=O)c1ccc(NC(=O)C(C)OC(=O)c2c(-c3ccc(Cl)cc3)c3ccccc3c(=O)n2C)cc1. The quantitative estimate of drug-likeness (QED) is 0.327. The third-order valence-electron chi connectivity index (χ3n) is 5.95. The number of carbonyl (C=O) groups excluding carboxylic acids is 3. The number of nitrogens with zero attached hydrogens (tertiary/aromatic N) is 1. The zero-order valence-electron chi connectivity index (χ0n) is 21.0. The van der Waals surface area contributed by atoms with Crippen molar-refractivity contribution in [1.29, 1.82) is 0 Å². The number of nitrogens with one attached hydrogen (secondary N) is 1. The lowest BCUT2D eigenvalue weighted by Gasteiger charge is -2.19. The highest BCUT2D eigenvalue weighted by Crippen LogP contribution is 2.32. The Morgan fingerprint density at radius 3 is 2.18 bits per heavy atom. The van der Waals surface area contributed by atoms with Crippen LogP contribution in [-0.4, -0.2) is 35.1 Å². The fourth-order valence-corrected chi connectivity index (χ4v) is 4.16. The van der Waals surface area contributed by atoms with E-state index < -0.39 is 23.9 Å². The molecule has 4 rings (SSSR count). The zero-order valence-corrected chi connectivity index (χ0v) is 21.7. The Morgan fingerprint density at radius 1 is 0.921 bits per heavy atom. The maximum atomic E-state index is 13.4. The van der Waals surface area contributed by atoms with Crippen LogP contribution in [0.2, 0.25) is 5.02 Å². The number of anilines is 1. The van der Waals surface area contributed by atoms with E-state index in [1.165, 1.54) is 30.7 Å². The van der Waals surface area contributed by atoms with Crippen LogP contribution in [0.25, 0.3) is 21.9 Å². The summed E-state index contributed by atoms with van der Waals surface area (Å²) < 4.78 is 11.7. The molecule has 38 heavy (non-hydrogen) atoms. The van der Waals surface area contributed by atoms with Crippen molar-refractivity contribution >= 4 is 45.9 Å². The van der Waals surface area contributed by atoms with Gasteiger partial charge in [0.2, 0.25) is 0 Å². The molecule has 4 aromatic rings. The minimum Gasteiger partial charge on any atom is -0.462 e. The van der Waals surface area contributed by atoms with Crippen molar-refractivity contribution in [2.24, 2.45) is 7.05 Å². The van der Waals surface area contributed by atoms with E-state index >= 15 is 0 Å². The molecule has 3 aromatic carbocycles. The van der Waals surface area contributed by atoms with E-state index in [0.717, 1.165) is 0 Å². The molecule has 1 atom stereocenters. The van der Waals surface area contributed by atoms with Gasteiger partial charge in [-0.1, -0.05) is 41.9 Å². The first kappa shape index (κ1) is 26.6. The Morgan fingerprint density at radius 2 is 1.55 bits per heavy atom. The number of esters is 2. The van der Waals surface area contributed by atoms with Gasteiger partial charge in [0.1, 0.15) is 5.69 Å². The first-order valence-corrected chi connectivity index (χ1v) is 12.3. The molecule has 1 unspecified atom stereocenters. The Balaban J connectivity index is 1.62. The van der Waals surface area contributed by atoms with Crippen molar-refractivity contribution in [3.63, 3.8) is 0 Å². The first-order chi connectivity index (χ1) is 18.2. The highest BCUT2D eigenvalue weighted by molar-refractivity contribution is 6.30. The second kappa shape index (κ2) is 11.3. The molecule has 0 aliphatic rings. The molecule has 1 heterocycles. The summed E-state index contributed by atoms with van der Waals surface area (Å²) in [4.78, 5) is 51.1. The number of fused-ring (bicyclic) bond motifs is 1. The van der Waals surface area contributed by atoms with Crippen molar-refractivity contribution in [2.75, 3.05) is 11.9 Å². The maximum absolute atomic E-state index is 13.4. The number of benzene rings is 3. The molecule has 0 aliphatic carbocycles. The van der Waals surface area contributed by atoms with Crippen molar-refractivity contribution in [2.45, 2.75) is 20.0 Å². The van der Waals surface area contributed by atoms with Gasteiger partial charge in [0.25, 0.3) is 11.5 Å². The van der Waals surface area contributed by atoms with Gasteiger partial charge in [0, 0.05) is 28.7 Å². The fourth-order valence-electron chi connectivity index (χ4n) is 4.03. The van der Waals surface area contributed by atoms with Crippen molar-refractivity contribution in [3.8, 4) is 11.1 Å². The Bertz CT molecular complexity index is 1580. The predicted molar refractivity (Wildman–Crippen MR) is 146 cm³/mol. The minimum absolute atomic E-state index is 0.00876. The molecule has 194 valence electrons. The summed E-state index contributed by atoms with van der Waals surface area (Å²) >= 11 is 6.07. The van der Waals surface area contributed by atoms with Crippen molar-refractivity contribution in [3.05, 3.63) is 99.4 Å². The average molecular weight is 533 g/mol. The number of rotatable bonds is 7. The van der Waals surface area contributed by atoms with E-state index in [4.69, 9.17) is 21.1 Å². The lowest BCUT2D eigenvalue weighted by molar-refractivity contribution is -0.123. The van der Waals surface area contributed by atoms with Gasteiger partial charge in [0.15, 0.2) is 6.10 Å². The summed E-state index contributed by atoms with van der Waals surface area (Å²) in [5.41, 5.74) is 1.54. The van der Waals surface area contributed by atoms with Gasteiger partial charge in [-0.3, -0.25) is 9.59 Å². The number of hydrogen-bond acceptors (Lipinski definition) is 6. The van der Waals surface area contributed by atoms with Crippen LogP contribution in [0.4, 0.5) is 5.69 Å². The molecule has 0 bridgehead atoms. The predicted octanol–water partition coefficient (Wildman–Crippen LogP) is 5.22. The standard InChI is InChI=1S/C29H25ClN2O6/c1-4-37-28(35)19-11-15-21(16-12-19)31-26(33)17(2)38-29(36)25-24(18-9-13-20(30)14-10-18)22-7-5-6-8-23(22)27(34)32(25)3/h5-17H,4H2,1-3H3,(H,31,33). The van der Waals surface area contributed by atoms with E-state index in [1.54, 1.807) is 67.6 Å². The van der Waals surface area contributed by atoms with Crippen molar-refractivity contribution < 1.29 is 23.9 Å². The number of halogens is 1. The van der Waals surface area contributed by atoms with Gasteiger partial charge in [-0.2, -0.15) is 0 Å². The summed E-state index contributed by atoms with van der Waals surface area (Å²) in [6.45, 7) is 3.40. The largest absolute Gasteiger partial charge is 0.462 e. The Hall–Kier alpha value is -4.43. The molecular weight excluding hydrogens is 508 g/mol. The smallest absolute Gasteiger partial charge is 0.356 e. The molecule has 8 nitrogen and oxygen atoms in total. The van der Waals surface area contributed by atoms with Crippen molar-refractivity contribution in [1.82, 2.24) is 4.57 Å². The molecule has 0 saturated carbocycles. The van der Waals surface area contributed by atoms with Crippen LogP contribution in [-0.2, 0) is 21.3 Å². The molecule has 1 amide bonds. The van der Waals surface area contributed by atoms with Gasteiger partial charge < -0.3 is 19.4 Å². The van der Waals surface area contributed by atoms with Crippen LogP contribution in [0.5, 0.6) is 0 Å². The topological polar surface area (TPSA) is 104 Å². The highest BCUT2D eigenvalue weighted by atomic mass is 35.5. The molecule has 1 N–H and O–H groups in total. The maximum Gasteiger partial charge on any atom is 0.356 e. The minimum atomic E-state index is -1.19. The van der Waals surface area contributed by atoms with E-state index in [-0.39, 0.29) is 17.9 Å². The van der Waals surface area contributed by atoms with E-state index in [0.29, 0.717) is 38.2 Å². The monoisotopic (exact) mass is 532 g/mol. The average Bonchev–Trinajstić information content (AvgIpc) is 2.91. The van der Waals surface area contributed by atoms with E-state index in [1.807, 2.05) is 0 Å². The molecule has 0 spiro atoms. The lowest BCUT2D eigenvalue weighted by Crippen LogP contribution is -2.32. The third kappa shape index (κ3) is 5.45. The Kier molecular flexibility index (Phi) is 7.93. The van der Waals surface area contributed by atoms with Gasteiger partial charge >= 0.3 is 11.9 Å². The molecule has 0 radical (unpaired) electrons. The van der Waals surface area contributed by atoms with Crippen LogP contribution >= 0.6 is 11.6 Å². The Labute approximate surface area is 223 Å². The molecule has 1 aromatic heterocycles. The highest BCUT2D eigenvalue weighted by Gasteiger charge is 2.26. The fraction of sp³-hybridized carbons (Fsp3) is 0.172. The number of aromatic nitrogens is 1. The summed E-state index contributed by atoms with van der Waals surface area (Å²) in [7, 11) is 1.49. The second-order valence-electron chi connectivity index (χ2n) is 8.47. The summed E-state index contributed by atoms with van der Waals surface area (Å²) in [5.74, 6) is -1.88. The van der Waals surface area contributed by atoms with Gasteiger partial charge in [-0.05, 0) is 67.3 Å². The molecule has 0 saturated heterocycles. The van der Waals surface area contributed by atoms with Crippen LogP contribution in [0.1, 0.15) is 34.7 Å².